The van der Waals surface area contributed by atoms with Crippen LogP contribution in [0.15, 0.2) is 58.5 Å². The molecule has 1 heterocycles. The summed E-state index contributed by atoms with van der Waals surface area (Å²) in [5.74, 6) is 1.56. The molecular weight excluding hydrogens is 320 g/mol. The number of ether oxygens (including phenoxy) is 1. The van der Waals surface area contributed by atoms with Crippen molar-refractivity contribution in [1.29, 1.82) is 0 Å². The van der Waals surface area contributed by atoms with Crippen molar-refractivity contribution >= 4 is 22.7 Å². The van der Waals surface area contributed by atoms with Crippen molar-refractivity contribution in [3.8, 4) is 5.75 Å². The van der Waals surface area contributed by atoms with Crippen LogP contribution >= 0.6 is 11.8 Å². The van der Waals surface area contributed by atoms with Crippen LogP contribution in [0.4, 0.5) is 0 Å². The average molecular weight is 340 g/mol. The van der Waals surface area contributed by atoms with E-state index in [1.807, 2.05) is 48.5 Å². The summed E-state index contributed by atoms with van der Waals surface area (Å²) in [5, 5.41) is 1.43. The lowest BCUT2D eigenvalue weighted by Crippen LogP contribution is -2.23. The average Bonchev–Trinajstić information content (AvgIpc) is 2.63. The van der Waals surface area contributed by atoms with Crippen molar-refractivity contribution in [1.82, 2.24) is 9.55 Å². The first-order valence-electron chi connectivity index (χ1n) is 7.99. The van der Waals surface area contributed by atoms with E-state index in [1.165, 1.54) is 0 Å². The minimum Gasteiger partial charge on any atom is -0.496 e. The first-order chi connectivity index (χ1) is 11.7. The van der Waals surface area contributed by atoms with Gasteiger partial charge in [0, 0.05) is 17.9 Å². The van der Waals surface area contributed by atoms with Crippen molar-refractivity contribution in [3.05, 3.63) is 64.4 Å². The Balaban J connectivity index is 1.99. The first kappa shape index (κ1) is 16.6. The number of nitrogens with zero attached hydrogens (tertiary/aromatic N) is 2. The highest BCUT2D eigenvalue weighted by Crippen LogP contribution is 2.27. The Morgan fingerprint density at radius 1 is 1.12 bits per heavy atom. The Morgan fingerprint density at radius 2 is 1.88 bits per heavy atom. The number of hydrogen-bond acceptors (Lipinski definition) is 4. The lowest BCUT2D eigenvalue weighted by molar-refractivity contribution is 0.411. The van der Waals surface area contributed by atoms with Gasteiger partial charge in [-0.3, -0.25) is 9.36 Å². The summed E-state index contributed by atoms with van der Waals surface area (Å²) >= 11 is 1.57. The molecule has 0 aliphatic heterocycles. The van der Waals surface area contributed by atoms with Crippen molar-refractivity contribution in [3.63, 3.8) is 0 Å². The van der Waals surface area contributed by atoms with Gasteiger partial charge in [0.1, 0.15) is 5.75 Å². The lowest BCUT2D eigenvalue weighted by Gasteiger charge is -2.13. The summed E-state index contributed by atoms with van der Waals surface area (Å²) in [5.41, 5.74) is 1.87. The smallest absolute Gasteiger partial charge is 0.262 e. The largest absolute Gasteiger partial charge is 0.496 e. The topological polar surface area (TPSA) is 44.1 Å². The molecule has 4 nitrogen and oxygen atoms in total. The summed E-state index contributed by atoms with van der Waals surface area (Å²) in [7, 11) is 1.67. The molecule has 0 aliphatic rings. The van der Waals surface area contributed by atoms with E-state index in [1.54, 1.807) is 23.4 Å². The van der Waals surface area contributed by atoms with Crippen molar-refractivity contribution in [2.45, 2.75) is 30.8 Å². The summed E-state index contributed by atoms with van der Waals surface area (Å²) in [4.78, 5) is 17.5. The number of rotatable bonds is 6. The molecule has 0 bridgehead atoms. The molecule has 5 heteroatoms. The van der Waals surface area contributed by atoms with Crippen LogP contribution in [-0.4, -0.2) is 16.7 Å². The Morgan fingerprint density at radius 3 is 2.67 bits per heavy atom. The van der Waals surface area contributed by atoms with E-state index >= 15 is 0 Å². The zero-order chi connectivity index (χ0) is 16.9. The summed E-state index contributed by atoms with van der Waals surface area (Å²) in [6, 6.07) is 15.4. The minimum absolute atomic E-state index is 0.0324. The van der Waals surface area contributed by atoms with Gasteiger partial charge in [-0.05, 0) is 24.6 Å². The fourth-order valence-electron chi connectivity index (χ4n) is 2.64. The second-order valence-corrected chi connectivity index (χ2v) is 6.41. The Labute approximate surface area is 145 Å². The number of aromatic nitrogens is 2. The van der Waals surface area contributed by atoms with Crippen LogP contribution in [0.25, 0.3) is 10.9 Å². The van der Waals surface area contributed by atoms with Gasteiger partial charge >= 0.3 is 0 Å². The van der Waals surface area contributed by atoms with Crippen LogP contribution in [0.2, 0.25) is 0 Å². The van der Waals surface area contributed by atoms with Gasteiger partial charge in [0.15, 0.2) is 5.16 Å². The molecule has 0 radical (unpaired) electrons. The second-order valence-electron chi connectivity index (χ2n) is 5.47. The molecule has 0 aliphatic carbocycles. The van der Waals surface area contributed by atoms with Crippen LogP contribution in [0.5, 0.6) is 5.75 Å². The summed E-state index contributed by atoms with van der Waals surface area (Å²) < 4.78 is 7.18. The van der Waals surface area contributed by atoms with Crippen LogP contribution < -0.4 is 10.3 Å². The van der Waals surface area contributed by atoms with E-state index in [9.17, 15) is 4.79 Å². The molecule has 0 saturated heterocycles. The van der Waals surface area contributed by atoms with E-state index in [-0.39, 0.29) is 5.56 Å². The number of methoxy groups -OCH3 is 1. The van der Waals surface area contributed by atoms with Gasteiger partial charge in [0.25, 0.3) is 5.56 Å². The Kier molecular flexibility index (Phi) is 5.20. The van der Waals surface area contributed by atoms with Gasteiger partial charge in [0.2, 0.25) is 0 Å². The number of thioether (sulfide) groups is 1. The number of para-hydroxylation sites is 2. The van der Waals surface area contributed by atoms with Crippen LogP contribution in [0.3, 0.4) is 0 Å². The van der Waals surface area contributed by atoms with Gasteiger partial charge in [-0.1, -0.05) is 49.0 Å². The quantitative estimate of drug-likeness (QED) is 0.500. The van der Waals surface area contributed by atoms with Gasteiger partial charge in [-0.15, -0.1) is 0 Å². The molecule has 24 heavy (non-hydrogen) atoms. The number of hydrogen-bond donors (Lipinski definition) is 0. The third-order valence-electron chi connectivity index (χ3n) is 3.82. The highest BCUT2D eigenvalue weighted by Gasteiger charge is 2.12. The molecule has 0 unspecified atom stereocenters. The number of fused-ring (bicyclic) bond motifs is 1. The third kappa shape index (κ3) is 3.31. The van der Waals surface area contributed by atoms with E-state index in [2.05, 4.69) is 6.92 Å². The highest BCUT2D eigenvalue weighted by molar-refractivity contribution is 7.98. The minimum atomic E-state index is 0.0324. The maximum absolute atomic E-state index is 12.8. The monoisotopic (exact) mass is 340 g/mol. The maximum atomic E-state index is 12.8. The molecule has 3 rings (SSSR count). The van der Waals surface area contributed by atoms with Crippen LogP contribution in [-0.2, 0) is 12.3 Å². The van der Waals surface area contributed by atoms with E-state index in [0.717, 1.165) is 28.4 Å². The molecule has 0 atom stereocenters. The molecular formula is C19H20N2O2S. The molecule has 124 valence electrons. The zero-order valence-corrected chi connectivity index (χ0v) is 14.7. The van der Waals surface area contributed by atoms with E-state index in [0.29, 0.717) is 17.7 Å². The van der Waals surface area contributed by atoms with Crippen molar-refractivity contribution in [2.24, 2.45) is 0 Å². The van der Waals surface area contributed by atoms with Crippen molar-refractivity contribution in [2.75, 3.05) is 7.11 Å². The summed E-state index contributed by atoms with van der Waals surface area (Å²) in [6.45, 7) is 2.74. The Hall–Kier alpha value is -2.27. The first-order valence-corrected chi connectivity index (χ1v) is 8.97. The molecule has 3 aromatic rings. The number of benzene rings is 2. The van der Waals surface area contributed by atoms with Gasteiger partial charge < -0.3 is 4.74 Å². The van der Waals surface area contributed by atoms with Crippen LogP contribution in [0, 0.1) is 0 Å². The van der Waals surface area contributed by atoms with E-state index in [4.69, 9.17) is 9.72 Å². The molecule has 0 N–H and O–H groups in total. The molecule has 0 spiro atoms. The van der Waals surface area contributed by atoms with E-state index < -0.39 is 0 Å². The van der Waals surface area contributed by atoms with Gasteiger partial charge in [0.05, 0.1) is 18.0 Å². The maximum Gasteiger partial charge on any atom is 0.262 e. The molecule has 2 aromatic carbocycles. The lowest BCUT2D eigenvalue weighted by atomic mass is 10.2. The fourth-order valence-corrected chi connectivity index (χ4v) is 3.66. The Bertz CT molecular complexity index is 905. The predicted molar refractivity (Wildman–Crippen MR) is 98.8 cm³/mol. The van der Waals surface area contributed by atoms with Crippen LogP contribution in [0.1, 0.15) is 18.9 Å². The molecule has 0 saturated carbocycles. The standard InChI is InChI=1S/C19H20N2O2S/c1-3-12-21-18(22)15-9-5-6-10-16(15)20-19(21)24-13-14-8-4-7-11-17(14)23-2/h4-11H,3,12-13H2,1-2H3. The molecule has 1 aromatic heterocycles. The highest BCUT2D eigenvalue weighted by atomic mass is 32.2. The predicted octanol–water partition coefficient (Wildman–Crippen LogP) is 4.11. The normalized spacial score (nSPS) is 10.9. The molecule has 0 fully saturated rings. The van der Waals surface area contributed by atoms with Gasteiger partial charge in [-0.2, -0.15) is 0 Å². The fraction of sp³-hybridized carbons (Fsp3) is 0.263. The van der Waals surface area contributed by atoms with Crippen molar-refractivity contribution < 1.29 is 4.74 Å². The SMILES string of the molecule is CCCn1c(SCc2ccccc2OC)nc2ccccc2c1=O. The zero-order valence-electron chi connectivity index (χ0n) is 13.9. The third-order valence-corrected chi connectivity index (χ3v) is 4.85. The van der Waals surface area contributed by atoms with Gasteiger partial charge in [-0.25, -0.2) is 4.98 Å². The molecule has 0 amide bonds. The summed E-state index contributed by atoms with van der Waals surface area (Å²) in [6.07, 6.45) is 0.891. The second kappa shape index (κ2) is 7.53.